The molecule has 0 aromatic carbocycles. The molecule has 0 bridgehead atoms. The second-order valence-corrected chi connectivity index (χ2v) is 7.00. The van der Waals surface area contributed by atoms with Crippen molar-refractivity contribution in [2.45, 2.75) is 70.8 Å². The number of aliphatic hydroxyl groups is 1. The van der Waals surface area contributed by atoms with Gasteiger partial charge in [0, 0.05) is 5.57 Å². The van der Waals surface area contributed by atoms with Crippen molar-refractivity contribution >= 4 is 5.97 Å². The standard InChI is InChI=1S/C19H27NO3/c1-3-15(14(2)17(21)22)9-10-19(23,18(13-20)11-12-18)16-7-5-4-6-8-16/h9-10,16,23H,3-8,11-12H2,1-2H3,(H,21,22). The topological polar surface area (TPSA) is 81.3 Å². The number of carboxylic acid groups (broad SMARTS) is 1. The Labute approximate surface area is 138 Å². The zero-order valence-electron chi connectivity index (χ0n) is 14.1. The lowest BCUT2D eigenvalue weighted by atomic mass is 9.68. The van der Waals surface area contributed by atoms with Crippen LogP contribution in [0.2, 0.25) is 0 Å². The van der Waals surface area contributed by atoms with E-state index >= 15 is 0 Å². The van der Waals surface area contributed by atoms with Crippen LogP contribution in [0.5, 0.6) is 0 Å². The molecule has 0 saturated heterocycles. The van der Waals surface area contributed by atoms with E-state index in [1.807, 2.05) is 6.92 Å². The number of hydrogen-bond acceptors (Lipinski definition) is 3. The number of rotatable bonds is 6. The lowest BCUT2D eigenvalue weighted by molar-refractivity contribution is -0.132. The molecule has 0 heterocycles. The number of nitriles is 1. The van der Waals surface area contributed by atoms with Crippen LogP contribution in [0.1, 0.15) is 65.2 Å². The summed E-state index contributed by atoms with van der Waals surface area (Å²) in [7, 11) is 0. The molecular weight excluding hydrogens is 290 g/mol. The molecule has 2 saturated carbocycles. The number of aliphatic carboxylic acids is 1. The molecule has 0 aromatic rings. The number of nitrogens with zero attached hydrogens (tertiary/aromatic N) is 1. The molecule has 0 amide bonds. The Kier molecular flexibility index (Phi) is 5.31. The summed E-state index contributed by atoms with van der Waals surface area (Å²) in [5, 5.41) is 30.2. The first-order valence-electron chi connectivity index (χ1n) is 8.66. The summed E-state index contributed by atoms with van der Waals surface area (Å²) < 4.78 is 0. The number of hydrogen-bond donors (Lipinski definition) is 2. The van der Waals surface area contributed by atoms with Gasteiger partial charge in [-0.3, -0.25) is 0 Å². The summed E-state index contributed by atoms with van der Waals surface area (Å²) in [6.45, 7) is 3.49. The van der Waals surface area contributed by atoms with Crippen LogP contribution in [0.4, 0.5) is 0 Å². The highest BCUT2D eigenvalue weighted by molar-refractivity contribution is 5.87. The smallest absolute Gasteiger partial charge is 0.331 e. The minimum Gasteiger partial charge on any atom is -0.478 e. The molecule has 2 aliphatic carbocycles. The van der Waals surface area contributed by atoms with Gasteiger partial charge in [0.05, 0.1) is 11.5 Å². The summed E-state index contributed by atoms with van der Waals surface area (Å²) in [4.78, 5) is 11.2. The van der Waals surface area contributed by atoms with Gasteiger partial charge >= 0.3 is 5.97 Å². The quantitative estimate of drug-likeness (QED) is 0.573. The van der Waals surface area contributed by atoms with E-state index in [1.54, 1.807) is 19.1 Å². The van der Waals surface area contributed by atoms with Crippen molar-refractivity contribution in [1.29, 1.82) is 5.26 Å². The molecule has 126 valence electrons. The Balaban J connectivity index is 2.35. The van der Waals surface area contributed by atoms with E-state index in [2.05, 4.69) is 6.07 Å². The molecule has 1 unspecified atom stereocenters. The molecule has 0 radical (unpaired) electrons. The van der Waals surface area contributed by atoms with Gasteiger partial charge in [0.25, 0.3) is 0 Å². The molecule has 2 N–H and O–H groups in total. The van der Waals surface area contributed by atoms with E-state index in [4.69, 9.17) is 0 Å². The second kappa shape index (κ2) is 6.88. The van der Waals surface area contributed by atoms with Gasteiger partial charge in [0.1, 0.15) is 5.60 Å². The maximum atomic E-state index is 11.4. The highest BCUT2D eigenvalue weighted by Gasteiger charge is 2.61. The monoisotopic (exact) mass is 317 g/mol. The summed E-state index contributed by atoms with van der Waals surface area (Å²) in [6.07, 6.45) is 10.8. The molecular formula is C19H27NO3. The maximum Gasteiger partial charge on any atom is 0.331 e. The van der Waals surface area contributed by atoms with Gasteiger partial charge in [-0.1, -0.05) is 38.3 Å². The van der Waals surface area contributed by atoms with E-state index in [9.17, 15) is 20.3 Å². The zero-order valence-corrected chi connectivity index (χ0v) is 14.1. The molecule has 2 rings (SSSR count). The lowest BCUT2D eigenvalue weighted by Gasteiger charge is -2.40. The van der Waals surface area contributed by atoms with Crippen molar-refractivity contribution in [2.24, 2.45) is 11.3 Å². The fraction of sp³-hybridized carbons (Fsp3) is 0.684. The van der Waals surface area contributed by atoms with Gasteiger partial charge < -0.3 is 10.2 Å². The average Bonchev–Trinajstić information content (AvgIpc) is 3.37. The van der Waals surface area contributed by atoms with Crippen LogP contribution in [0.25, 0.3) is 0 Å². The van der Waals surface area contributed by atoms with Crippen LogP contribution in [0.15, 0.2) is 23.3 Å². The van der Waals surface area contributed by atoms with Gasteiger partial charge in [-0.2, -0.15) is 5.26 Å². The fourth-order valence-electron chi connectivity index (χ4n) is 3.83. The van der Waals surface area contributed by atoms with E-state index < -0.39 is 17.0 Å². The normalized spacial score (nSPS) is 24.6. The third-order valence-corrected chi connectivity index (χ3v) is 5.68. The van der Waals surface area contributed by atoms with Crippen molar-refractivity contribution in [3.05, 3.63) is 23.3 Å². The highest BCUT2D eigenvalue weighted by atomic mass is 16.4. The van der Waals surface area contributed by atoms with Crippen LogP contribution >= 0.6 is 0 Å². The number of allylic oxidation sites excluding steroid dienone is 2. The van der Waals surface area contributed by atoms with Gasteiger partial charge in [-0.15, -0.1) is 0 Å². The fourth-order valence-corrected chi connectivity index (χ4v) is 3.83. The SMILES string of the molecule is CCC(C=CC(O)(C1CCCCC1)C1(C#N)CC1)=C(C)C(=O)O. The summed E-state index contributed by atoms with van der Waals surface area (Å²) >= 11 is 0. The van der Waals surface area contributed by atoms with Crippen LogP contribution in [0, 0.1) is 22.7 Å². The number of carboxylic acids is 1. The first kappa shape index (κ1) is 17.7. The van der Waals surface area contributed by atoms with Gasteiger partial charge in [0.2, 0.25) is 0 Å². The van der Waals surface area contributed by atoms with Gasteiger partial charge in [-0.05, 0) is 50.5 Å². The van der Waals surface area contributed by atoms with Crippen molar-refractivity contribution < 1.29 is 15.0 Å². The average molecular weight is 317 g/mol. The molecule has 23 heavy (non-hydrogen) atoms. The third-order valence-electron chi connectivity index (χ3n) is 5.68. The van der Waals surface area contributed by atoms with Gasteiger partial charge in [0.15, 0.2) is 0 Å². The van der Waals surface area contributed by atoms with Crippen LogP contribution < -0.4 is 0 Å². The molecule has 2 aliphatic rings. The molecule has 0 aliphatic heterocycles. The lowest BCUT2D eigenvalue weighted by Crippen LogP contribution is -2.45. The van der Waals surface area contributed by atoms with E-state index in [1.165, 1.54) is 6.42 Å². The maximum absolute atomic E-state index is 11.4. The van der Waals surface area contributed by atoms with Crippen molar-refractivity contribution in [1.82, 2.24) is 0 Å². The molecule has 4 nitrogen and oxygen atoms in total. The van der Waals surface area contributed by atoms with Crippen LogP contribution in [0.3, 0.4) is 0 Å². The second-order valence-electron chi connectivity index (χ2n) is 7.00. The minimum atomic E-state index is -1.14. The third kappa shape index (κ3) is 3.35. The zero-order chi connectivity index (χ0) is 17.1. The molecule has 0 spiro atoms. The van der Waals surface area contributed by atoms with Crippen molar-refractivity contribution in [2.75, 3.05) is 0 Å². The Hall–Kier alpha value is -1.60. The van der Waals surface area contributed by atoms with Crippen LogP contribution in [-0.2, 0) is 4.79 Å². The Bertz CT molecular complexity index is 560. The van der Waals surface area contributed by atoms with E-state index in [0.717, 1.165) is 38.5 Å². The van der Waals surface area contributed by atoms with Gasteiger partial charge in [-0.25, -0.2) is 4.79 Å². The highest BCUT2D eigenvalue weighted by Crippen LogP contribution is 2.59. The van der Waals surface area contributed by atoms with Crippen molar-refractivity contribution in [3.63, 3.8) is 0 Å². The van der Waals surface area contributed by atoms with E-state index in [-0.39, 0.29) is 5.92 Å². The predicted molar refractivity (Wildman–Crippen MR) is 88.6 cm³/mol. The Morgan fingerprint density at radius 3 is 2.39 bits per heavy atom. The summed E-state index contributed by atoms with van der Waals surface area (Å²) in [5.41, 5.74) is -0.805. The van der Waals surface area contributed by atoms with Crippen LogP contribution in [-0.4, -0.2) is 21.8 Å². The Morgan fingerprint density at radius 1 is 1.35 bits per heavy atom. The van der Waals surface area contributed by atoms with E-state index in [0.29, 0.717) is 17.6 Å². The molecule has 1 atom stereocenters. The predicted octanol–water partition coefficient (Wildman–Crippen LogP) is 3.97. The first-order chi connectivity index (χ1) is 10.9. The largest absolute Gasteiger partial charge is 0.478 e. The first-order valence-corrected chi connectivity index (χ1v) is 8.66. The molecule has 2 fully saturated rings. The molecule has 0 aromatic heterocycles. The number of carbonyl (C=O) groups is 1. The molecule has 4 heteroatoms. The summed E-state index contributed by atoms with van der Waals surface area (Å²) in [6, 6.07) is 2.35. The Morgan fingerprint density at radius 2 is 1.96 bits per heavy atom. The minimum absolute atomic E-state index is 0.0953. The summed E-state index contributed by atoms with van der Waals surface area (Å²) in [5.74, 6) is -0.841. The van der Waals surface area contributed by atoms with Crippen molar-refractivity contribution in [3.8, 4) is 6.07 Å².